The number of carbonyl (C=O) groups excluding carboxylic acids is 1. The van der Waals surface area contributed by atoms with Crippen molar-refractivity contribution in [3.63, 3.8) is 0 Å². The number of amides is 1. The SMILES string of the molecule is C=CC(=O)Nc1cc(Nc2ncc(Cl)c(Nc3ccccc3P(C)(C)=O)n2)c(OC)cc1OC(COCC)CN(C)C. The Morgan fingerprint density at radius 2 is 1.88 bits per heavy atom. The molecule has 42 heavy (non-hydrogen) atoms. The van der Waals surface area contributed by atoms with Gasteiger partial charge in [0.2, 0.25) is 11.9 Å². The number of nitrogens with zero attached hydrogens (tertiary/aromatic N) is 3. The van der Waals surface area contributed by atoms with Gasteiger partial charge in [0.1, 0.15) is 29.8 Å². The number of para-hydroxylation sites is 1. The summed E-state index contributed by atoms with van der Waals surface area (Å²) < 4.78 is 30.4. The Morgan fingerprint density at radius 3 is 2.52 bits per heavy atom. The van der Waals surface area contributed by atoms with E-state index >= 15 is 0 Å². The molecular weight excluding hydrogens is 579 g/mol. The van der Waals surface area contributed by atoms with E-state index in [0.717, 1.165) is 0 Å². The molecule has 0 aliphatic rings. The van der Waals surface area contributed by atoms with Crippen molar-refractivity contribution in [3.8, 4) is 11.5 Å². The first-order valence-electron chi connectivity index (χ1n) is 13.2. The van der Waals surface area contributed by atoms with E-state index in [1.54, 1.807) is 25.5 Å². The number of carbonyl (C=O) groups is 1. The fourth-order valence-electron chi connectivity index (χ4n) is 3.98. The van der Waals surface area contributed by atoms with Crippen LogP contribution in [0.3, 0.4) is 0 Å². The molecule has 226 valence electrons. The third-order valence-electron chi connectivity index (χ3n) is 5.84. The maximum atomic E-state index is 12.8. The summed E-state index contributed by atoms with van der Waals surface area (Å²) in [5, 5.41) is 10.1. The van der Waals surface area contributed by atoms with Gasteiger partial charge < -0.3 is 39.6 Å². The molecule has 0 aliphatic heterocycles. The highest BCUT2D eigenvalue weighted by atomic mass is 35.5. The summed E-state index contributed by atoms with van der Waals surface area (Å²) in [5.41, 5.74) is 1.47. The van der Waals surface area contributed by atoms with Gasteiger partial charge in [-0.1, -0.05) is 30.3 Å². The zero-order valence-corrected chi connectivity index (χ0v) is 26.4. The maximum absolute atomic E-state index is 12.8. The van der Waals surface area contributed by atoms with E-state index < -0.39 is 13.0 Å². The van der Waals surface area contributed by atoms with Gasteiger partial charge in [-0.2, -0.15) is 4.98 Å². The first kappa shape index (κ1) is 32.9. The third kappa shape index (κ3) is 9.19. The Bertz CT molecular complexity index is 1450. The minimum absolute atomic E-state index is 0.199. The second kappa shape index (κ2) is 15.0. The van der Waals surface area contributed by atoms with Crippen molar-refractivity contribution >= 4 is 58.8 Å². The lowest BCUT2D eigenvalue weighted by Gasteiger charge is -2.24. The summed E-state index contributed by atoms with van der Waals surface area (Å²) in [4.78, 5) is 23.1. The van der Waals surface area contributed by atoms with Crippen LogP contribution in [0.15, 0.2) is 55.3 Å². The minimum atomic E-state index is -2.58. The molecule has 0 saturated carbocycles. The van der Waals surface area contributed by atoms with Crippen LogP contribution >= 0.6 is 18.7 Å². The van der Waals surface area contributed by atoms with Crippen molar-refractivity contribution in [1.29, 1.82) is 0 Å². The fraction of sp³-hybridized carbons (Fsp3) is 0.345. The lowest BCUT2D eigenvalue weighted by atomic mass is 10.2. The van der Waals surface area contributed by atoms with Crippen LogP contribution in [-0.4, -0.2) is 81.2 Å². The monoisotopic (exact) mass is 616 g/mol. The molecule has 1 heterocycles. The normalized spacial score (nSPS) is 12.0. The minimum Gasteiger partial charge on any atom is -0.494 e. The number of halogens is 1. The van der Waals surface area contributed by atoms with Gasteiger partial charge in [0.05, 0.1) is 37.0 Å². The summed E-state index contributed by atoms with van der Waals surface area (Å²) in [6.07, 6.45) is 2.30. The van der Waals surface area contributed by atoms with Crippen molar-refractivity contribution in [2.24, 2.45) is 0 Å². The van der Waals surface area contributed by atoms with Crippen molar-refractivity contribution in [1.82, 2.24) is 14.9 Å². The number of likely N-dealkylation sites (N-methyl/N-ethyl adjacent to an activating group) is 1. The number of nitrogens with one attached hydrogen (secondary N) is 3. The van der Waals surface area contributed by atoms with Crippen LogP contribution in [-0.2, 0) is 14.1 Å². The molecule has 3 N–H and O–H groups in total. The first-order valence-corrected chi connectivity index (χ1v) is 16.2. The Kier molecular flexibility index (Phi) is 11.8. The summed E-state index contributed by atoms with van der Waals surface area (Å²) in [5.74, 6) is 0.903. The number of aromatic nitrogens is 2. The van der Waals surface area contributed by atoms with Gasteiger partial charge in [-0.15, -0.1) is 0 Å². The lowest BCUT2D eigenvalue weighted by Crippen LogP contribution is -2.35. The second-order valence-corrected chi connectivity index (χ2v) is 13.5. The van der Waals surface area contributed by atoms with E-state index in [0.29, 0.717) is 59.4 Å². The maximum Gasteiger partial charge on any atom is 0.247 e. The van der Waals surface area contributed by atoms with Gasteiger partial charge in [-0.25, -0.2) is 4.98 Å². The molecular formula is C29H38ClN6O5P. The van der Waals surface area contributed by atoms with Crippen LogP contribution in [0.5, 0.6) is 11.5 Å². The summed E-state index contributed by atoms with van der Waals surface area (Å²) in [6, 6.07) is 10.6. The Labute approximate surface area is 252 Å². The molecule has 3 aromatic rings. The van der Waals surface area contributed by atoms with Gasteiger partial charge in [-0.05, 0) is 58.6 Å². The van der Waals surface area contributed by atoms with E-state index in [9.17, 15) is 9.36 Å². The van der Waals surface area contributed by atoms with Gasteiger partial charge in [0.15, 0.2) is 5.82 Å². The number of rotatable bonds is 15. The number of ether oxygens (including phenoxy) is 3. The zero-order chi connectivity index (χ0) is 30.9. The highest BCUT2D eigenvalue weighted by Crippen LogP contribution is 2.40. The lowest BCUT2D eigenvalue weighted by molar-refractivity contribution is -0.111. The van der Waals surface area contributed by atoms with Crippen molar-refractivity contribution in [3.05, 3.63) is 60.3 Å². The third-order valence-corrected chi connectivity index (χ3v) is 7.67. The molecule has 1 aromatic heterocycles. The van der Waals surface area contributed by atoms with Gasteiger partial charge >= 0.3 is 0 Å². The summed E-state index contributed by atoms with van der Waals surface area (Å²) in [6.45, 7) is 10.3. The van der Waals surface area contributed by atoms with Gasteiger partial charge in [-0.3, -0.25) is 4.79 Å². The second-order valence-electron chi connectivity index (χ2n) is 9.91. The Morgan fingerprint density at radius 1 is 1.14 bits per heavy atom. The molecule has 0 aliphatic carbocycles. The topological polar surface area (TPSA) is 127 Å². The number of anilines is 5. The number of hydrogen-bond donors (Lipinski definition) is 3. The molecule has 3 rings (SSSR count). The Balaban J connectivity index is 1.98. The summed E-state index contributed by atoms with van der Waals surface area (Å²) in [7, 11) is 2.81. The standard InChI is InChI=1S/C29H38ClN6O5P/c1-8-27(37)32-23-14-22(24(39-5)15-25(23)41-19(17-36(3)4)18-40-9-2)34-29-31-16-20(30)28(35-29)33-21-12-10-11-13-26(21)42(6,7)38/h8,10-16,19H,1,9,17-18H2,2-7H3,(H,32,37)(H2,31,33,34,35). The quantitative estimate of drug-likeness (QED) is 0.152. The van der Waals surface area contributed by atoms with Crippen LogP contribution < -0.4 is 30.7 Å². The van der Waals surface area contributed by atoms with Crippen molar-refractivity contribution in [2.45, 2.75) is 13.0 Å². The zero-order valence-electron chi connectivity index (χ0n) is 24.7. The van der Waals surface area contributed by atoms with Crippen LogP contribution in [0, 0.1) is 0 Å². The molecule has 0 radical (unpaired) electrons. The predicted octanol–water partition coefficient (Wildman–Crippen LogP) is 5.34. The number of benzene rings is 2. The molecule has 0 spiro atoms. The average molecular weight is 617 g/mol. The number of methoxy groups -OCH3 is 1. The molecule has 1 atom stereocenters. The molecule has 1 unspecified atom stereocenters. The molecule has 0 fully saturated rings. The van der Waals surface area contributed by atoms with Crippen molar-refractivity contribution < 1.29 is 23.6 Å². The van der Waals surface area contributed by atoms with E-state index in [1.165, 1.54) is 19.4 Å². The smallest absolute Gasteiger partial charge is 0.247 e. The van der Waals surface area contributed by atoms with E-state index in [-0.39, 0.29) is 17.1 Å². The van der Waals surface area contributed by atoms with E-state index in [2.05, 4.69) is 32.5 Å². The molecule has 0 bridgehead atoms. The first-order chi connectivity index (χ1) is 19.9. The molecule has 13 heteroatoms. The van der Waals surface area contributed by atoms with Crippen LogP contribution in [0.1, 0.15) is 6.92 Å². The van der Waals surface area contributed by atoms with Crippen molar-refractivity contribution in [2.75, 3.05) is 70.2 Å². The molecule has 0 saturated heterocycles. The van der Waals surface area contributed by atoms with Gasteiger partial charge in [0, 0.05) is 24.5 Å². The van der Waals surface area contributed by atoms with Crippen LogP contribution in [0.25, 0.3) is 0 Å². The highest BCUT2D eigenvalue weighted by molar-refractivity contribution is 7.70. The molecule has 1 amide bonds. The largest absolute Gasteiger partial charge is 0.494 e. The average Bonchev–Trinajstić information content (AvgIpc) is 2.94. The molecule has 2 aromatic carbocycles. The van der Waals surface area contributed by atoms with E-state index in [1.807, 2.05) is 50.2 Å². The van der Waals surface area contributed by atoms with Crippen LogP contribution in [0.4, 0.5) is 28.8 Å². The number of hydrogen-bond acceptors (Lipinski definition) is 10. The van der Waals surface area contributed by atoms with E-state index in [4.69, 9.17) is 25.8 Å². The molecule has 11 nitrogen and oxygen atoms in total. The Hall–Kier alpha value is -3.63. The van der Waals surface area contributed by atoms with Crippen LogP contribution in [0.2, 0.25) is 5.02 Å². The predicted molar refractivity (Wildman–Crippen MR) is 170 cm³/mol. The fourth-order valence-corrected chi connectivity index (χ4v) is 5.27. The summed E-state index contributed by atoms with van der Waals surface area (Å²) >= 11 is 6.42. The van der Waals surface area contributed by atoms with Gasteiger partial charge in [0.25, 0.3) is 0 Å². The highest BCUT2D eigenvalue weighted by Gasteiger charge is 2.20.